The first kappa shape index (κ1) is 59.5. The number of unbranched alkanes of at least 4 members (excludes halogenated alkanes) is 2. The molecule has 0 bridgehead atoms. The lowest BCUT2D eigenvalue weighted by molar-refractivity contribution is -0.119. The summed E-state index contributed by atoms with van der Waals surface area (Å²) in [4.78, 5) is 74.8. The third-order valence-corrected chi connectivity index (χ3v) is 14.5. The number of pyridine rings is 2. The molecule has 3 aliphatic rings. The van der Waals surface area contributed by atoms with Crippen LogP contribution in [0, 0.1) is 12.3 Å². The number of aldehydes is 3. The van der Waals surface area contributed by atoms with Gasteiger partial charge in [0, 0.05) is 136 Å². The van der Waals surface area contributed by atoms with Gasteiger partial charge < -0.3 is 39.7 Å². The average molecular weight is 1060 g/mol. The summed E-state index contributed by atoms with van der Waals surface area (Å²) in [6, 6.07) is 15.9. The number of halogens is 2. The standard InChI is InChI=1S/C30H31Cl2N7O2S.C9H11NO.C7H13NO2.C5H10O.C2H5NO/c1-19(28-24(31)12-33-13-25(28)32)41-21-3-4-26-23(10-21)29(36-35-26)20-2-5-27(34-11-20)38-14-30(15-38)16-39(17-30)42-22-6-8-37(18-40)9-7-22;1-7-4-3-5-9(10-2)8(7)6-11;1-7(4-3-5-9)8(2)6-10;1-2-3-4-5-6;1-3-2-4/h2-5,10-13,18-19,22H,6-9,14-17H2,1H3,(H,35,36);3-6,10H,1-2H3;5-7H,3-4H2,1-2H3;5H,2-4H2,1H3;2H,1H3,(H,3,4)/t19-;;;;/m1..../s1. The van der Waals surface area contributed by atoms with Crippen LogP contribution in [-0.2, 0) is 24.0 Å². The molecule has 8 rings (SSSR count). The van der Waals surface area contributed by atoms with Crippen molar-refractivity contribution in [2.24, 2.45) is 5.41 Å². The number of H-pyrrole nitrogens is 1. The quantitative estimate of drug-likeness (QED) is 0.0402. The average Bonchev–Trinajstić information content (AvgIpc) is 3.81. The van der Waals surface area contributed by atoms with Crippen molar-refractivity contribution in [2.45, 2.75) is 90.0 Å². The molecule has 2 atom stereocenters. The van der Waals surface area contributed by atoms with Crippen LogP contribution >= 0.6 is 35.1 Å². The topological polar surface area (TPSA) is 203 Å². The number of nitrogens with one attached hydrogen (secondary N) is 3. The van der Waals surface area contributed by atoms with Gasteiger partial charge in [0.05, 0.1) is 15.6 Å². The number of anilines is 2. The van der Waals surface area contributed by atoms with E-state index >= 15 is 0 Å². The van der Waals surface area contributed by atoms with Gasteiger partial charge >= 0.3 is 0 Å². The summed E-state index contributed by atoms with van der Waals surface area (Å²) in [5, 5.41) is 15.4. The minimum atomic E-state index is -0.357. The maximum Gasteiger partial charge on any atom is 0.209 e. The van der Waals surface area contributed by atoms with Crippen LogP contribution < -0.4 is 20.3 Å². The molecule has 0 saturated carbocycles. The molecular formula is C53H70Cl2N10O7S. The van der Waals surface area contributed by atoms with E-state index in [-0.39, 0.29) is 12.1 Å². The third-order valence-electron chi connectivity index (χ3n) is 12.6. The van der Waals surface area contributed by atoms with Crippen molar-refractivity contribution in [3.05, 3.63) is 93.9 Å². The summed E-state index contributed by atoms with van der Waals surface area (Å²) in [6.07, 6.45) is 16.1. The zero-order valence-corrected chi connectivity index (χ0v) is 45.2. The van der Waals surface area contributed by atoms with Crippen LogP contribution in [0.25, 0.3) is 22.2 Å². The summed E-state index contributed by atoms with van der Waals surface area (Å²) in [7, 11) is 5.08. The van der Waals surface area contributed by atoms with Gasteiger partial charge in [0.1, 0.15) is 35.9 Å². The molecule has 73 heavy (non-hydrogen) atoms. The Bertz CT molecular complexity index is 2490. The Morgan fingerprint density at radius 2 is 1.62 bits per heavy atom. The highest BCUT2D eigenvalue weighted by atomic mass is 35.5. The molecule has 3 aromatic heterocycles. The minimum absolute atomic E-state index is 0.169. The number of fused-ring (bicyclic) bond motifs is 1. The van der Waals surface area contributed by atoms with Gasteiger partial charge in [-0.2, -0.15) is 5.10 Å². The van der Waals surface area contributed by atoms with Crippen LogP contribution in [0.1, 0.15) is 93.3 Å². The molecule has 394 valence electrons. The fourth-order valence-corrected chi connectivity index (χ4v) is 10.4. The molecule has 20 heteroatoms. The molecule has 3 fully saturated rings. The third kappa shape index (κ3) is 17.5. The van der Waals surface area contributed by atoms with Crippen LogP contribution in [0.4, 0.5) is 11.5 Å². The number of aryl methyl sites for hydroxylation is 1. The molecule has 0 radical (unpaired) electrons. The normalized spacial score (nSPS) is 15.2. The van der Waals surface area contributed by atoms with Crippen molar-refractivity contribution in [3.8, 4) is 17.0 Å². The van der Waals surface area contributed by atoms with E-state index in [1.54, 1.807) is 31.4 Å². The largest absolute Gasteiger partial charge is 0.486 e. The Morgan fingerprint density at radius 1 is 0.932 bits per heavy atom. The molecule has 0 aliphatic carbocycles. The van der Waals surface area contributed by atoms with Crippen LogP contribution in [0.15, 0.2) is 67.1 Å². The number of carbonyl (C=O) groups is 6. The van der Waals surface area contributed by atoms with Gasteiger partial charge in [-0.25, -0.2) is 9.29 Å². The molecule has 1 spiro atoms. The number of aromatic amines is 1. The molecule has 6 heterocycles. The highest BCUT2D eigenvalue weighted by molar-refractivity contribution is 7.97. The lowest BCUT2D eigenvalue weighted by Gasteiger charge is -2.60. The van der Waals surface area contributed by atoms with E-state index in [1.165, 1.54) is 0 Å². The first-order valence-corrected chi connectivity index (χ1v) is 26.0. The molecule has 3 aliphatic heterocycles. The number of hydrogen-bond acceptors (Lipinski definition) is 14. The zero-order chi connectivity index (χ0) is 53.3. The number of amides is 3. The van der Waals surface area contributed by atoms with Crippen molar-refractivity contribution in [3.63, 3.8) is 0 Å². The van der Waals surface area contributed by atoms with Crippen molar-refractivity contribution in [2.75, 3.05) is 70.6 Å². The maximum absolute atomic E-state index is 11.0. The Balaban J connectivity index is 0.000000302. The zero-order valence-electron chi connectivity index (χ0n) is 42.9. The summed E-state index contributed by atoms with van der Waals surface area (Å²) < 4.78 is 8.73. The Morgan fingerprint density at radius 3 is 2.15 bits per heavy atom. The number of aromatic nitrogens is 4. The minimum Gasteiger partial charge on any atom is -0.486 e. The molecule has 5 aromatic rings. The number of nitrogens with zero attached hydrogens (tertiary/aromatic N) is 7. The number of hydrogen-bond donors (Lipinski definition) is 3. The van der Waals surface area contributed by atoms with Crippen LogP contribution in [0.2, 0.25) is 10.0 Å². The SMILES string of the molecule is CC(CCC=O)N(C)C=O.CCCCC=O.CNC=O.CNc1cccc(C)c1C=O.C[C@@H](Oc1ccc2[nH]nc(-c3ccc(N4CC5(CN(SC6CCN(C=O)CC6)C5)C4)nc3)c2c1)c1c(Cl)cncc1Cl. The second-order valence-electron chi connectivity index (χ2n) is 18.0. The Hall–Kier alpha value is -6.08. The van der Waals surface area contributed by atoms with E-state index < -0.39 is 0 Å². The molecule has 3 amide bonds. The van der Waals surface area contributed by atoms with E-state index in [2.05, 4.69) is 54.1 Å². The fraction of sp³-hybridized carbons (Fsp3) is 0.453. The van der Waals surface area contributed by atoms with Gasteiger partial charge in [-0.3, -0.25) is 29.3 Å². The van der Waals surface area contributed by atoms with E-state index in [4.69, 9.17) is 37.7 Å². The molecule has 1 unspecified atom stereocenters. The Kier molecular flexibility index (Phi) is 25.1. The van der Waals surface area contributed by atoms with Crippen molar-refractivity contribution in [1.82, 2.24) is 39.6 Å². The highest BCUT2D eigenvalue weighted by Gasteiger charge is 2.52. The monoisotopic (exact) mass is 1060 g/mol. The highest BCUT2D eigenvalue weighted by Crippen LogP contribution is 2.46. The van der Waals surface area contributed by atoms with Crippen LogP contribution in [0.5, 0.6) is 5.75 Å². The van der Waals surface area contributed by atoms with Gasteiger partial charge in [-0.15, -0.1) is 0 Å². The molecule has 2 aromatic carbocycles. The number of piperidine rings is 1. The number of likely N-dealkylation sites (tertiary alicyclic amines) is 1. The number of benzene rings is 2. The molecule has 17 nitrogen and oxygen atoms in total. The Labute approximate surface area is 443 Å². The van der Waals surface area contributed by atoms with Gasteiger partial charge in [-0.1, -0.05) is 60.6 Å². The van der Waals surface area contributed by atoms with Crippen molar-refractivity contribution >= 4 is 95.6 Å². The van der Waals surface area contributed by atoms with E-state index in [1.807, 2.05) is 87.3 Å². The molecule has 3 N–H and O–H groups in total. The van der Waals surface area contributed by atoms with Crippen LogP contribution in [0.3, 0.4) is 0 Å². The van der Waals surface area contributed by atoms with Gasteiger partial charge in [-0.05, 0) is 88.4 Å². The predicted octanol–water partition coefficient (Wildman–Crippen LogP) is 8.89. The summed E-state index contributed by atoms with van der Waals surface area (Å²) >= 11 is 14.7. The van der Waals surface area contributed by atoms with Gasteiger partial charge in [0.25, 0.3) is 0 Å². The van der Waals surface area contributed by atoms with E-state index in [9.17, 15) is 24.0 Å². The first-order valence-electron chi connectivity index (χ1n) is 24.4. The van der Waals surface area contributed by atoms with E-state index in [0.717, 1.165) is 154 Å². The lowest BCUT2D eigenvalue weighted by Crippen LogP contribution is -2.71. The van der Waals surface area contributed by atoms with E-state index in [0.29, 0.717) is 44.9 Å². The number of carbonyl (C=O) groups excluding carboxylic acids is 6. The summed E-state index contributed by atoms with van der Waals surface area (Å²) in [5.41, 5.74) is 6.42. The summed E-state index contributed by atoms with van der Waals surface area (Å²) in [5.74, 6) is 1.69. The van der Waals surface area contributed by atoms with Crippen molar-refractivity contribution < 1.29 is 33.5 Å². The van der Waals surface area contributed by atoms with Gasteiger partial charge in [0.2, 0.25) is 19.2 Å². The number of rotatable bonds is 19. The molecular weight excluding hydrogens is 992 g/mol. The number of ether oxygens (including phenoxy) is 1. The van der Waals surface area contributed by atoms with Crippen LogP contribution in [-0.4, -0.2) is 144 Å². The van der Waals surface area contributed by atoms with Crippen molar-refractivity contribution in [1.29, 1.82) is 0 Å². The first-order chi connectivity index (χ1) is 35.2. The van der Waals surface area contributed by atoms with Gasteiger partial charge in [0.15, 0.2) is 6.29 Å². The predicted molar refractivity (Wildman–Crippen MR) is 293 cm³/mol. The smallest absolute Gasteiger partial charge is 0.209 e. The molecule has 3 saturated heterocycles. The lowest BCUT2D eigenvalue weighted by atomic mass is 9.74. The second-order valence-corrected chi connectivity index (χ2v) is 20.3. The summed E-state index contributed by atoms with van der Waals surface area (Å²) in [6.45, 7) is 13.9. The second kappa shape index (κ2) is 30.8. The fourth-order valence-electron chi connectivity index (χ4n) is 8.23. The maximum atomic E-state index is 11.0.